The minimum Gasteiger partial charge on any atom is -0.354 e. The first kappa shape index (κ1) is 35.2. The lowest BCUT2D eigenvalue weighted by Gasteiger charge is -2.33. The third-order valence-electron chi connectivity index (χ3n) is 7.75. The van der Waals surface area contributed by atoms with Crippen LogP contribution in [0.2, 0.25) is 0 Å². The third-order valence-corrected chi connectivity index (χ3v) is 7.75. The highest BCUT2D eigenvalue weighted by atomic mass is 16.2. The molecule has 1 aliphatic rings. The topological polar surface area (TPSA) is 153 Å². The van der Waals surface area contributed by atoms with Gasteiger partial charge in [-0.05, 0) is 49.1 Å². The number of amides is 4. The average Bonchev–Trinajstić information content (AvgIpc) is 3.00. The Balaban J connectivity index is 1.55. The van der Waals surface area contributed by atoms with E-state index >= 15 is 0 Å². The van der Waals surface area contributed by atoms with Gasteiger partial charge in [0.2, 0.25) is 17.6 Å². The maximum atomic E-state index is 13.2. The Morgan fingerprint density at radius 1 is 0.844 bits per heavy atom. The van der Waals surface area contributed by atoms with E-state index in [1.54, 1.807) is 71.1 Å². The number of Topliss-reactive ketones (excluding diaryl/α,β-unsaturated/α-hetero) is 1. The van der Waals surface area contributed by atoms with E-state index in [9.17, 15) is 24.0 Å². The number of nitrogens with zero attached hydrogens (tertiary/aromatic N) is 3. The second-order valence-corrected chi connectivity index (χ2v) is 13.0. The largest absolute Gasteiger partial charge is 0.354 e. The molecule has 1 aromatic carbocycles. The van der Waals surface area contributed by atoms with Crippen LogP contribution in [0.15, 0.2) is 48.7 Å². The zero-order valence-corrected chi connectivity index (χ0v) is 27.3. The molecule has 244 valence electrons. The summed E-state index contributed by atoms with van der Waals surface area (Å²) < 4.78 is 0. The quantitative estimate of drug-likeness (QED) is 0.260. The van der Waals surface area contributed by atoms with Gasteiger partial charge in [-0.25, -0.2) is 4.98 Å². The lowest BCUT2D eigenvalue weighted by Crippen LogP contribution is -2.59. The summed E-state index contributed by atoms with van der Waals surface area (Å²) in [7, 11) is 2.09. The van der Waals surface area contributed by atoms with Crippen molar-refractivity contribution in [3.63, 3.8) is 0 Å². The molecule has 0 aliphatic carbocycles. The zero-order chi connectivity index (χ0) is 33.3. The molecule has 2 heterocycles. The predicted molar refractivity (Wildman–Crippen MR) is 172 cm³/mol. The highest BCUT2D eigenvalue weighted by Gasteiger charge is 2.36. The number of hydrogen-bond donors (Lipinski definition) is 4. The van der Waals surface area contributed by atoms with E-state index in [1.165, 1.54) is 6.92 Å². The van der Waals surface area contributed by atoms with Crippen LogP contribution in [0.4, 0.5) is 5.82 Å². The van der Waals surface area contributed by atoms with Crippen molar-refractivity contribution in [2.45, 2.75) is 66.2 Å². The Bertz CT molecular complexity index is 1330. The Kier molecular flexibility index (Phi) is 12.2. The molecule has 4 N–H and O–H groups in total. The first-order valence-corrected chi connectivity index (χ1v) is 15.3. The molecule has 2 aromatic rings. The number of piperazine rings is 1. The minimum absolute atomic E-state index is 0.106. The van der Waals surface area contributed by atoms with E-state index in [4.69, 9.17) is 0 Å². The zero-order valence-electron chi connectivity index (χ0n) is 27.3. The van der Waals surface area contributed by atoms with E-state index in [0.717, 1.165) is 37.6 Å². The number of pyridine rings is 1. The Morgan fingerprint density at radius 2 is 1.49 bits per heavy atom. The van der Waals surface area contributed by atoms with Crippen LogP contribution in [0.3, 0.4) is 0 Å². The molecule has 1 fully saturated rings. The number of likely N-dealkylation sites (N-methyl/N-ethyl adjacent to an activating group) is 1. The van der Waals surface area contributed by atoms with E-state index in [1.807, 2.05) is 12.1 Å². The number of anilines is 1. The molecule has 3 rings (SSSR count). The third kappa shape index (κ3) is 10.1. The van der Waals surface area contributed by atoms with Crippen molar-refractivity contribution in [2.24, 2.45) is 11.3 Å². The average molecular weight is 622 g/mol. The van der Waals surface area contributed by atoms with Crippen molar-refractivity contribution in [2.75, 3.05) is 38.1 Å². The normalized spacial score (nSPS) is 15.9. The van der Waals surface area contributed by atoms with Gasteiger partial charge in [0.15, 0.2) is 0 Å². The van der Waals surface area contributed by atoms with Crippen molar-refractivity contribution in [3.05, 3.63) is 59.8 Å². The van der Waals surface area contributed by atoms with Crippen LogP contribution < -0.4 is 26.2 Å². The fourth-order valence-corrected chi connectivity index (χ4v) is 4.81. The standard InChI is InChI=1S/C33H47N7O5/c1-21(2)26(27(41)31(44)35-20-23-13-14-25(34-19-23)40-17-15-39(7)16-18-40)37-29(42)22(3)36-32(45)28(33(4,5)6)38-30(43)24-11-9-8-10-12-24/h8-14,19,21-22,26,28H,15-18,20H2,1-7H3,(H,35,44)(H,36,45)(H,37,42)(H,38,43)/t22-,26-,28+/m0/s1. The van der Waals surface area contributed by atoms with Gasteiger partial charge in [-0.1, -0.05) is 58.9 Å². The van der Waals surface area contributed by atoms with Gasteiger partial charge in [-0.2, -0.15) is 0 Å². The summed E-state index contributed by atoms with van der Waals surface area (Å²) in [6.45, 7) is 14.1. The molecule has 0 unspecified atom stereocenters. The maximum Gasteiger partial charge on any atom is 0.289 e. The number of nitrogens with one attached hydrogen (secondary N) is 4. The summed E-state index contributed by atoms with van der Waals surface area (Å²) in [5.41, 5.74) is 0.476. The minimum atomic E-state index is -1.11. The van der Waals surface area contributed by atoms with Gasteiger partial charge in [0.25, 0.3) is 11.8 Å². The van der Waals surface area contributed by atoms with Crippen LogP contribution >= 0.6 is 0 Å². The lowest BCUT2D eigenvalue weighted by molar-refractivity contribution is -0.141. The van der Waals surface area contributed by atoms with Crippen LogP contribution in [0.25, 0.3) is 0 Å². The Hall–Kier alpha value is -4.32. The van der Waals surface area contributed by atoms with E-state index in [0.29, 0.717) is 5.56 Å². The molecular formula is C33H47N7O5. The molecule has 0 saturated carbocycles. The monoisotopic (exact) mass is 621 g/mol. The number of benzene rings is 1. The van der Waals surface area contributed by atoms with Crippen LogP contribution in [0, 0.1) is 11.3 Å². The number of rotatable bonds is 12. The molecular weight excluding hydrogens is 574 g/mol. The maximum absolute atomic E-state index is 13.2. The predicted octanol–water partition coefficient (Wildman–Crippen LogP) is 1.51. The molecule has 3 atom stereocenters. The number of carbonyl (C=O) groups excluding carboxylic acids is 5. The molecule has 4 amide bonds. The summed E-state index contributed by atoms with van der Waals surface area (Å²) in [6.07, 6.45) is 1.68. The lowest BCUT2D eigenvalue weighted by atomic mass is 9.85. The fraction of sp³-hybridized carbons (Fsp3) is 0.515. The molecule has 1 aliphatic heterocycles. The van der Waals surface area contributed by atoms with Gasteiger partial charge in [-0.3, -0.25) is 24.0 Å². The second-order valence-electron chi connectivity index (χ2n) is 13.0. The molecule has 0 radical (unpaired) electrons. The van der Waals surface area contributed by atoms with Gasteiger partial charge in [0, 0.05) is 44.5 Å². The van der Waals surface area contributed by atoms with E-state index < -0.39 is 58.9 Å². The second kappa shape index (κ2) is 15.6. The number of ketones is 1. The summed E-state index contributed by atoms with van der Waals surface area (Å²) >= 11 is 0. The first-order valence-electron chi connectivity index (χ1n) is 15.3. The summed E-state index contributed by atoms with van der Waals surface area (Å²) in [4.78, 5) is 73.9. The SMILES string of the molecule is CC(C)[C@H](NC(=O)[C@H](C)NC(=O)[C@@H](NC(=O)c1ccccc1)C(C)(C)C)C(=O)C(=O)NCc1ccc(N2CCN(C)CC2)nc1. The first-order chi connectivity index (χ1) is 21.2. The molecule has 12 nitrogen and oxygen atoms in total. The van der Waals surface area contributed by atoms with Crippen LogP contribution in [-0.2, 0) is 25.7 Å². The van der Waals surface area contributed by atoms with E-state index in [2.05, 4.69) is 43.1 Å². The van der Waals surface area contributed by atoms with Gasteiger partial charge < -0.3 is 31.1 Å². The van der Waals surface area contributed by atoms with Crippen LogP contribution in [-0.4, -0.2) is 90.6 Å². The molecule has 0 spiro atoms. The smallest absolute Gasteiger partial charge is 0.289 e. The van der Waals surface area contributed by atoms with Gasteiger partial charge >= 0.3 is 0 Å². The summed E-state index contributed by atoms with van der Waals surface area (Å²) in [5.74, 6) is -2.74. The number of hydrogen-bond acceptors (Lipinski definition) is 8. The van der Waals surface area contributed by atoms with Crippen LogP contribution in [0.1, 0.15) is 57.5 Å². The van der Waals surface area contributed by atoms with E-state index in [-0.39, 0.29) is 6.54 Å². The van der Waals surface area contributed by atoms with Crippen molar-refractivity contribution >= 4 is 35.2 Å². The van der Waals surface area contributed by atoms with Gasteiger partial charge in [0.1, 0.15) is 17.9 Å². The van der Waals surface area contributed by atoms with Gasteiger partial charge in [-0.15, -0.1) is 0 Å². The highest BCUT2D eigenvalue weighted by Crippen LogP contribution is 2.20. The highest BCUT2D eigenvalue weighted by molar-refractivity contribution is 6.38. The number of aromatic nitrogens is 1. The summed E-state index contributed by atoms with van der Waals surface area (Å²) in [5, 5.41) is 10.6. The fourth-order valence-electron chi connectivity index (χ4n) is 4.81. The molecule has 1 saturated heterocycles. The van der Waals surface area contributed by atoms with Gasteiger partial charge in [0.05, 0.1) is 6.04 Å². The Morgan fingerprint density at radius 3 is 2.04 bits per heavy atom. The summed E-state index contributed by atoms with van der Waals surface area (Å²) in [6, 6.07) is 9.20. The number of carbonyl (C=O) groups is 5. The molecule has 1 aromatic heterocycles. The molecule has 0 bridgehead atoms. The van der Waals surface area contributed by atoms with Crippen molar-refractivity contribution in [1.82, 2.24) is 31.2 Å². The molecule has 12 heteroatoms. The molecule has 45 heavy (non-hydrogen) atoms. The van der Waals surface area contributed by atoms with Crippen molar-refractivity contribution in [1.29, 1.82) is 0 Å². The van der Waals surface area contributed by atoms with Crippen molar-refractivity contribution in [3.8, 4) is 0 Å². The van der Waals surface area contributed by atoms with Crippen LogP contribution in [0.5, 0.6) is 0 Å². The Labute approximate surface area is 265 Å². The van der Waals surface area contributed by atoms with Crippen molar-refractivity contribution < 1.29 is 24.0 Å².